The van der Waals surface area contributed by atoms with Gasteiger partial charge in [0.1, 0.15) is 0 Å². The van der Waals surface area contributed by atoms with Gasteiger partial charge in [-0.3, -0.25) is 46.7 Å². The van der Waals surface area contributed by atoms with Crippen molar-refractivity contribution in [2.24, 2.45) is 47.3 Å². The number of carbonyl (C=O) groups excluding carboxylic acids is 2. The minimum Gasteiger partial charge on any atom is -0.481 e. The monoisotopic (exact) mass is 1800 g/mol. The van der Waals surface area contributed by atoms with Gasteiger partial charge < -0.3 is 28.6 Å². The van der Waals surface area contributed by atoms with Gasteiger partial charge in [-0.05, 0) is 214 Å². The van der Waals surface area contributed by atoms with Crippen molar-refractivity contribution < 1.29 is 60.4 Å². The summed E-state index contributed by atoms with van der Waals surface area (Å²) in [6.07, 6.45) is 52.2. The minimum absolute atomic E-state index is 0. The van der Waals surface area contributed by atoms with Gasteiger partial charge in [0.15, 0.2) is 22.7 Å². The number of hydrogen-bond acceptors (Lipinski definition) is 15. The van der Waals surface area contributed by atoms with Crippen molar-refractivity contribution >= 4 is 88.5 Å². The number of ketones is 1. The van der Waals surface area contributed by atoms with E-state index in [1.807, 2.05) is 18.6 Å². The second kappa shape index (κ2) is 48.6. The average Bonchev–Trinajstić information content (AvgIpc) is 1.62. The van der Waals surface area contributed by atoms with Gasteiger partial charge in [0, 0.05) is 97.1 Å². The highest BCUT2D eigenvalue weighted by atomic mass is 79.9. The minimum atomic E-state index is -4.64. The van der Waals surface area contributed by atoms with Gasteiger partial charge in [0.2, 0.25) is 6.29 Å². The highest BCUT2D eigenvalue weighted by Crippen LogP contribution is 2.44. The Bertz CT molecular complexity index is 4640. The van der Waals surface area contributed by atoms with Crippen LogP contribution in [0, 0.1) is 47.3 Å². The standard InChI is InChI=1S/C21H27N3O.C21H25N3O.C16H18BrN3.C11H19BO3.C11H20O2S.C8H14O2.C2HF3O.8CH4/c2*1-14-2-4-16(5-3-14)19-13-24-20(23-19)12-22-18-7-6-17(21(18)24)15-8-10-25-11-9-15;1-10-2-4-11(5-3-10)14-9-20-15(19-14)8-18-13-7-6-12(17)16(13)20;1-10(2)11(3,4)15-12(14-10)9-5-7-13-8-6-9;1-9-4-6-10(7-5-9)11(12)8-14(2,3)13;1-6-2-4-7(5-3-6)8(9)10;3-2(4,5)1-6;;;;;;;;/h6,12-16H,2-5,7-11H2,1H3;6,8,12-14,16H,2-5,7,9-11H2,1H3;6,8-11H,2-5,7H2,1H3;5H,6-8H2,1-4H3;8-10H,4-7H2,1-3H3;6-7H,2-5H2,1H3,(H,9,10);1H;8*1H4. The number of alkyl halides is 3. The Labute approximate surface area is 747 Å². The quantitative estimate of drug-likeness (QED) is 0.0807. The number of aliphatic carboxylic acids is 1. The fourth-order valence-corrected chi connectivity index (χ4v) is 19.4. The molecular weight excluding hydrogens is 1640 g/mol. The van der Waals surface area contributed by atoms with E-state index in [1.54, 1.807) is 12.5 Å². The number of rotatable bonds is 9. The second-order valence-electron chi connectivity index (χ2n) is 36.0. The molecule has 0 bridgehead atoms. The van der Waals surface area contributed by atoms with Crippen molar-refractivity contribution in [3.63, 3.8) is 0 Å². The molecule has 6 aromatic heterocycles. The number of Topliss-reactive ketones (excluding diaryl/α,β-unsaturated/α-hetero) is 1. The molecule has 6 aromatic rings. The maximum atomic E-state index is 11.7. The first-order chi connectivity index (χ1) is 54.9. The van der Waals surface area contributed by atoms with E-state index in [0.29, 0.717) is 30.3 Å². The molecule has 0 spiro atoms. The molecule has 0 radical (unpaired) electrons. The lowest BCUT2D eigenvalue weighted by atomic mass is 9.75. The van der Waals surface area contributed by atoms with Crippen LogP contribution in [0.3, 0.4) is 0 Å². The normalized spacial score (nSPS) is 25.2. The number of carboxylic acid groups (broad SMARTS) is 1. The van der Waals surface area contributed by atoms with Crippen LogP contribution < -0.4 is 0 Å². The summed E-state index contributed by atoms with van der Waals surface area (Å²) in [7, 11) is -2.19. The molecule has 0 amide bonds. The van der Waals surface area contributed by atoms with Crippen LogP contribution in [-0.2, 0) is 66.7 Å². The lowest BCUT2D eigenvalue weighted by Crippen LogP contribution is -2.41. The third-order valence-electron chi connectivity index (χ3n) is 26.2. The van der Waals surface area contributed by atoms with Crippen molar-refractivity contribution in [2.75, 3.05) is 52.2 Å². The van der Waals surface area contributed by atoms with Crippen molar-refractivity contribution in [3.05, 3.63) is 130 Å². The lowest BCUT2D eigenvalue weighted by molar-refractivity contribution is -0.156. The molecule has 0 unspecified atom stereocenters. The van der Waals surface area contributed by atoms with Crippen molar-refractivity contribution in [2.45, 2.75) is 330 Å². The van der Waals surface area contributed by atoms with E-state index in [9.17, 15) is 27.0 Å². The summed E-state index contributed by atoms with van der Waals surface area (Å²) in [6.45, 7) is 24.6. The average molecular weight is 1800 g/mol. The number of fused-ring (bicyclic) bond motifs is 9. The van der Waals surface area contributed by atoms with Crippen LogP contribution in [0.5, 0.6) is 0 Å². The number of nitrogens with zero attached hydrogens (tertiary/aromatic N) is 9. The fraction of sp³-hybridized carbons (Fsp3) is 0.673. The summed E-state index contributed by atoms with van der Waals surface area (Å²) in [6, 6.07) is 0. The molecule has 18 rings (SSSR count). The number of hydrogen-bond donors (Lipinski definition) is 1. The third kappa shape index (κ3) is 28.5. The molecule has 0 atom stereocenters. The van der Waals surface area contributed by atoms with Crippen molar-refractivity contribution in [1.82, 2.24) is 43.1 Å². The maximum absolute atomic E-state index is 11.7. The summed E-state index contributed by atoms with van der Waals surface area (Å²) < 4.78 is 78.9. The van der Waals surface area contributed by atoms with Crippen LogP contribution in [-0.4, -0.2) is 152 Å². The van der Waals surface area contributed by atoms with Gasteiger partial charge in [0.05, 0.1) is 113 Å². The Morgan fingerprint density at radius 1 is 0.496 bits per heavy atom. The zero-order valence-corrected chi connectivity index (χ0v) is 72.2. The SMILES string of the molecule is C.C.C.C.C.C.C.C.CC1(C)OB(C2=CCOCC2)OC1(C)C.CC1CCC(C(=O)C=S(C)(C)=O)CC1.CC1CCC(C(=O)O)CC1.CC1CCC(c2cn3c4c(ncc3n2)CC=C4Br)CC1.CC1CCC(c2cn3c4c(ncc3n2)CC=C4C2=CCOCC2)CC1.CC1CCC(c2cn3c4c(ncc3n2)CC=C4C2CCOCC2)CC1.O=CC(F)(F)F. The van der Waals surface area contributed by atoms with Crippen LogP contribution in [0.15, 0.2) is 78.6 Å². The van der Waals surface area contributed by atoms with Gasteiger partial charge in [0.25, 0.3) is 0 Å². The van der Waals surface area contributed by atoms with E-state index in [-0.39, 0.29) is 95.4 Å². The summed E-state index contributed by atoms with van der Waals surface area (Å²) in [5, 5.41) is 10.1. The van der Waals surface area contributed by atoms with Gasteiger partial charge in [-0.25, -0.2) is 15.0 Å². The molecule has 25 heteroatoms. The van der Waals surface area contributed by atoms with E-state index >= 15 is 0 Å². The zero-order chi connectivity index (χ0) is 81.9. The largest absolute Gasteiger partial charge is 0.490 e. The van der Waals surface area contributed by atoms with Crippen LogP contribution >= 0.6 is 15.9 Å². The molecule has 123 heavy (non-hydrogen) atoms. The molecule has 4 aliphatic heterocycles. The van der Waals surface area contributed by atoms with Gasteiger partial charge >= 0.3 is 19.3 Å². The van der Waals surface area contributed by atoms with Gasteiger partial charge in [-0.1, -0.05) is 176 Å². The van der Waals surface area contributed by atoms with E-state index in [1.165, 1.54) is 150 Å². The highest BCUT2D eigenvalue weighted by molar-refractivity contribution is 9.15. The lowest BCUT2D eigenvalue weighted by Gasteiger charge is -2.32. The molecule has 8 aliphatic carbocycles. The first kappa shape index (κ1) is 109. The molecule has 7 fully saturated rings. The number of carboxylic acids is 1. The smallest absolute Gasteiger partial charge is 0.481 e. The van der Waals surface area contributed by atoms with Crippen LogP contribution in [0.1, 0.15) is 345 Å². The predicted molar refractivity (Wildman–Crippen MR) is 508 cm³/mol. The molecule has 690 valence electrons. The molecule has 10 heterocycles. The third-order valence-corrected chi connectivity index (χ3v) is 27.7. The van der Waals surface area contributed by atoms with Crippen LogP contribution in [0.2, 0.25) is 0 Å². The molecule has 19 nitrogen and oxygen atoms in total. The summed E-state index contributed by atoms with van der Waals surface area (Å²) in [4.78, 5) is 59.6. The first-order valence-corrected chi connectivity index (χ1v) is 46.0. The summed E-state index contributed by atoms with van der Waals surface area (Å²) >= 11 is 3.64. The van der Waals surface area contributed by atoms with Gasteiger partial charge in [-0.2, -0.15) is 13.2 Å². The molecule has 12 aliphatic rings. The van der Waals surface area contributed by atoms with Crippen LogP contribution in [0.4, 0.5) is 13.2 Å². The zero-order valence-electron chi connectivity index (χ0n) is 69.8. The molecule has 1 N–H and O–H groups in total. The van der Waals surface area contributed by atoms with Crippen molar-refractivity contribution in [3.8, 4) is 0 Å². The van der Waals surface area contributed by atoms with E-state index < -0.39 is 28.0 Å². The topological polar surface area (TPSA) is 225 Å². The number of aromatic nitrogens is 9. The number of ether oxygens (including phenoxy) is 3. The van der Waals surface area contributed by atoms with Gasteiger partial charge in [-0.15, -0.1) is 0 Å². The van der Waals surface area contributed by atoms with E-state index in [4.69, 9.17) is 58.3 Å². The number of aldehydes is 1. The number of imidazole rings is 3. The second-order valence-corrected chi connectivity index (χ2v) is 39.7. The number of halogens is 4. The number of carbonyl (C=O) groups is 3. The summed E-state index contributed by atoms with van der Waals surface area (Å²) in [5.74, 6) is 6.22. The van der Waals surface area contributed by atoms with E-state index in [0.717, 1.165) is 186 Å². The Morgan fingerprint density at radius 3 is 1.27 bits per heavy atom. The van der Waals surface area contributed by atoms with Crippen LogP contribution in [0.25, 0.3) is 32.6 Å². The molecular formula is C98H156BBrF3N9O10S. The maximum Gasteiger partial charge on any atom is 0.490 e. The summed E-state index contributed by atoms with van der Waals surface area (Å²) in [5.41, 5.74) is 19.1. The molecule has 0 aromatic carbocycles. The Morgan fingerprint density at radius 2 is 0.870 bits per heavy atom. The molecule has 5 saturated carbocycles. The molecule has 2 saturated heterocycles. The highest BCUT2D eigenvalue weighted by Gasteiger charge is 2.52. The number of allylic oxidation sites excluding steroid dienone is 5. The Kier molecular flexibility index (Phi) is 43.0. The Hall–Kier alpha value is -6.48. The predicted octanol–water partition coefficient (Wildman–Crippen LogP) is 24.4. The van der Waals surface area contributed by atoms with Crippen molar-refractivity contribution in [1.29, 1.82) is 0 Å². The first-order valence-electron chi connectivity index (χ1n) is 42.8. The fourth-order valence-electron chi connectivity index (χ4n) is 18.1. The van der Waals surface area contributed by atoms with E-state index in [2.05, 4.69) is 145 Å². The Balaban J connectivity index is 0.000000308.